The Labute approximate surface area is 311 Å². The average molecular weight is 715 g/mol. The highest BCUT2D eigenvalue weighted by Crippen LogP contribution is 2.25. The van der Waals surface area contributed by atoms with E-state index in [1.54, 1.807) is 0 Å². The van der Waals surface area contributed by atoms with Crippen LogP contribution in [-0.2, 0) is 44.7 Å². The Morgan fingerprint density at radius 3 is 1.57 bits per heavy atom. The molecule has 0 bridgehead atoms. The zero-order valence-corrected chi connectivity index (χ0v) is 33.4. The minimum Gasteiger partial charge on any atom is -0.466 e. The number of aliphatic hydroxyl groups excluding tert-OH is 1. The van der Waals surface area contributed by atoms with E-state index in [0.717, 1.165) is 95.0 Å². The number of carbonyl (C=O) groups is 2. The Morgan fingerprint density at radius 2 is 1.04 bits per heavy atom. The number of carbonyl (C=O) groups excluding carboxylic acids is 2. The molecule has 0 amide bonds. The number of hydrogen-bond donors (Lipinski definition) is 1. The highest BCUT2D eigenvalue weighted by Gasteiger charge is 2.16. The summed E-state index contributed by atoms with van der Waals surface area (Å²) in [6, 6.07) is 2.22. The summed E-state index contributed by atoms with van der Waals surface area (Å²) in [6.45, 7) is 10.6. The van der Waals surface area contributed by atoms with E-state index in [2.05, 4.69) is 40.7 Å². The lowest BCUT2D eigenvalue weighted by Gasteiger charge is -2.15. The Morgan fingerprint density at radius 1 is 0.588 bits per heavy atom. The van der Waals surface area contributed by atoms with Crippen LogP contribution >= 0.6 is 0 Å². The fourth-order valence-electron chi connectivity index (χ4n) is 6.75. The summed E-state index contributed by atoms with van der Waals surface area (Å²) >= 11 is 0. The maximum atomic E-state index is 12.3. The molecule has 1 atom stereocenters. The number of aryl methyl sites for hydroxylation is 5. The summed E-state index contributed by atoms with van der Waals surface area (Å²) in [7, 11) is 0. The molecule has 0 aromatic carbocycles. The van der Waals surface area contributed by atoms with Crippen molar-refractivity contribution in [3.8, 4) is 0 Å². The molecular weight excluding hydrogens is 640 g/mol. The number of rotatable bonds is 32. The van der Waals surface area contributed by atoms with Gasteiger partial charge in [0.05, 0.1) is 6.61 Å². The van der Waals surface area contributed by atoms with Crippen LogP contribution in [0.5, 0.6) is 0 Å². The molecule has 0 saturated carbocycles. The fraction of sp³-hybridized carbons (Fsp3) is 0.773. The average Bonchev–Trinajstić information content (AvgIpc) is 3.61. The minimum atomic E-state index is -0.798. The molecule has 0 saturated heterocycles. The zero-order valence-electron chi connectivity index (χ0n) is 33.4. The van der Waals surface area contributed by atoms with Crippen molar-refractivity contribution in [1.82, 2.24) is 0 Å². The lowest BCUT2D eigenvalue weighted by Crippen LogP contribution is -2.28. The monoisotopic (exact) mass is 715 g/mol. The third-order valence-corrected chi connectivity index (χ3v) is 10.3. The molecule has 0 unspecified atom stereocenters. The van der Waals surface area contributed by atoms with Crippen LogP contribution in [0.3, 0.4) is 0 Å². The van der Waals surface area contributed by atoms with Gasteiger partial charge >= 0.3 is 11.9 Å². The van der Waals surface area contributed by atoms with Gasteiger partial charge in [-0.15, -0.1) is 0 Å². The highest BCUT2D eigenvalue weighted by molar-refractivity contribution is 5.70. The van der Waals surface area contributed by atoms with E-state index in [4.69, 9.17) is 18.3 Å². The van der Waals surface area contributed by atoms with Crippen molar-refractivity contribution in [2.24, 2.45) is 0 Å². The van der Waals surface area contributed by atoms with Gasteiger partial charge in [0, 0.05) is 38.5 Å². The van der Waals surface area contributed by atoms with Crippen LogP contribution < -0.4 is 0 Å². The zero-order chi connectivity index (χ0) is 37.1. The van der Waals surface area contributed by atoms with E-state index in [0.29, 0.717) is 12.8 Å². The van der Waals surface area contributed by atoms with Crippen LogP contribution in [0.4, 0.5) is 0 Å². The van der Waals surface area contributed by atoms with Crippen LogP contribution in [0, 0.1) is 20.8 Å². The number of esters is 2. The molecule has 51 heavy (non-hydrogen) atoms. The first-order valence-electron chi connectivity index (χ1n) is 20.9. The second-order valence-corrected chi connectivity index (χ2v) is 14.9. The second kappa shape index (κ2) is 28.0. The Balaban J connectivity index is 1.41. The van der Waals surface area contributed by atoms with Gasteiger partial charge in [0.2, 0.25) is 0 Å². The molecule has 292 valence electrons. The van der Waals surface area contributed by atoms with E-state index in [1.165, 1.54) is 98.8 Å². The second-order valence-electron chi connectivity index (χ2n) is 14.9. The first kappa shape index (κ1) is 44.6. The van der Waals surface area contributed by atoms with Gasteiger partial charge in [-0.05, 0) is 82.1 Å². The van der Waals surface area contributed by atoms with Gasteiger partial charge in [0.15, 0.2) is 6.10 Å². The molecule has 7 heteroatoms. The summed E-state index contributed by atoms with van der Waals surface area (Å²) < 4.78 is 22.9. The molecule has 7 nitrogen and oxygen atoms in total. The normalized spacial score (nSPS) is 12.0. The number of unbranched alkanes of at least 4 members (excludes halogenated alkanes) is 16. The molecule has 0 radical (unpaired) electrons. The molecule has 0 aliphatic rings. The first-order valence-corrected chi connectivity index (χ1v) is 20.9. The fourth-order valence-corrected chi connectivity index (χ4v) is 6.75. The van der Waals surface area contributed by atoms with Gasteiger partial charge in [-0.3, -0.25) is 9.59 Å². The van der Waals surface area contributed by atoms with Crippen molar-refractivity contribution in [2.45, 2.75) is 208 Å². The molecule has 0 fully saturated rings. The van der Waals surface area contributed by atoms with Crippen molar-refractivity contribution in [3.63, 3.8) is 0 Å². The summed E-state index contributed by atoms with van der Waals surface area (Å²) in [4.78, 5) is 24.5. The van der Waals surface area contributed by atoms with Crippen molar-refractivity contribution in [1.29, 1.82) is 0 Å². The van der Waals surface area contributed by atoms with E-state index in [1.807, 2.05) is 0 Å². The molecule has 2 rings (SSSR count). The van der Waals surface area contributed by atoms with E-state index < -0.39 is 6.10 Å². The van der Waals surface area contributed by atoms with Crippen LogP contribution in [0.1, 0.15) is 195 Å². The smallest absolute Gasteiger partial charge is 0.306 e. The predicted molar refractivity (Wildman–Crippen MR) is 207 cm³/mol. The SMILES string of the molecule is CCCCCc1cc(C)c(CCCCCCCCCCC(=O)O[C@@H](CO)COC(=O)CCCCCCCCc2oc(CCCCC)c(C)c2C)o1. The van der Waals surface area contributed by atoms with Crippen LogP contribution in [-0.4, -0.2) is 36.4 Å². The van der Waals surface area contributed by atoms with Crippen molar-refractivity contribution in [3.05, 3.63) is 45.8 Å². The Kier molecular flexibility index (Phi) is 24.5. The van der Waals surface area contributed by atoms with Crippen molar-refractivity contribution >= 4 is 11.9 Å². The van der Waals surface area contributed by atoms with Gasteiger partial charge in [0.25, 0.3) is 0 Å². The van der Waals surface area contributed by atoms with Gasteiger partial charge in [-0.25, -0.2) is 0 Å². The minimum absolute atomic E-state index is 0.0906. The van der Waals surface area contributed by atoms with E-state index in [-0.39, 0.29) is 25.2 Å². The van der Waals surface area contributed by atoms with Crippen LogP contribution in [0.25, 0.3) is 0 Å². The first-order chi connectivity index (χ1) is 24.8. The lowest BCUT2D eigenvalue weighted by molar-refractivity contribution is -0.161. The maximum Gasteiger partial charge on any atom is 0.306 e. The van der Waals surface area contributed by atoms with Gasteiger partial charge in [-0.2, -0.15) is 0 Å². The number of furan rings is 2. The molecule has 0 spiro atoms. The Bertz CT molecular complexity index is 1190. The Hall–Kier alpha value is -2.54. The predicted octanol–water partition coefficient (Wildman–Crippen LogP) is 11.7. The van der Waals surface area contributed by atoms with Crippen LogP contribution in [0.2, 0.25) is 0 Å². The van der Waals surface area contributed by atoms with Gasteiger partial charge < -0.3 is 23.4 Å². The number of aliphatic hydroxyl groups is 1. The van der Waals surface area contributed by atoms with Crippen LogP contribution in [0.15, 0.2) is 14.9 Å². The lowest BCUT2D eigenvalue weighted by atomic mass is 10.0. The number of ether oxygens (including phenoxy) is 2. The summed E-state index contributed by atoms with van der Waals surface area (Å²) in [5.74, 6) is 4.01. The van der Waals surface area contributed by atoms with Crippen molar-refractivity contribution in [2.75, 3.05) is 13.2 Å². The largest absolute Gasteiger partial charge is 0.466 e. The van der Waals surface area contributed by atoms with E-state index >= 15 is 0 Å². The summed E-state index contributed by atoms with van der Waals surface area (Å²) in [5, 5.41) is 9.62. The summed E-state index contributed by atoms with van der Waals surface area (Å²) in [6.07, 6.45) is 26.6. The maximum absolute atomic E-state index is 12.3. The van der Waals surface area contributed by atoms with Crippen molar-refractivity contribution < 1.29 is 33.0 Å². The molecule has 2 aromatic rings. The van der Waals surface area contributed by atoms with Gasteiger partial charge in [0.1, 0.15) is 29.6 Å². The molecule has 2 aromatic heterocycles. The molecular formula is C44H74O7. The molecule has 0 aliphatic carbocycles. The number of hydrogen-bond acceptors (Lipinski definition) is 7. The molecule has 2 heterocycles. The third-order valence-electron chi connectivity index (χ3n) is 10.3. The molecule has 1 N–H and O–H groups in total. The summed E-state index contributed by atoms with van der Waals surface area (Å²) in [5.41, 5.74) is 3.95. The topological polar surface area (TPSA) is 99.1 Å². The highest BCUT2D eigenvalue weighted by atomic mass is 16.6. The quantitative estimate of drug-likeness (QED) is 0.0595. The van der Waals surface area contributed by atoms with E-state index in [9.17, 15) is 14.7 Å². The standard InChI is InChI=1S/C44H74O7/c1-6-8-20-26-38-32-35(3)40(49-38)27-22-16-12-10-11-13-19-25-31-44(47)50-39(33-45)34-48-43(46)30-24-18-15-14-17-23-29-42-37(5)36(4)41(51-42)28-21-9-7-2/h32,39,45H,6-31,33-34H2,1-5H3/t39-/m0/s1. The molecule has 0 aliphatic heterocycles. The third kappa shape index (κ3) is 19.8. The van der Waals surface area contributed by atoms with Gasteiger partial charge in [-0.1, -0.05) is 104 Å².